The number of rotatable bonds is 8. The standard InChI is InChI=1S/C26H38F3N7/c1-3-4-6-10-19(2)21-22(30)32-25(33-24(21)34-13-7-5-8-14-34)36-17-15-35(16-18-36)23-20(26(27,28)29)11-9-12-31-23/h9,11-12,19H,3-8,10,13-18H2,1-2H3,(H2,30,32,33). The molecule has 2 aliphatic heterocycles. The van der Waals surface area contributed by atoms with Crippen LogP contribution in [0.4, 0.5) is 36.6 Å². The van der Waals surface area contributed by atoms with Gasteiger partial charge in [-0.15, -0.1) is 0 Å². The van der Waals surface area contributed by atoms with Gasteiger partial charge in [0.25, 0.3) is 0 Å². The van der Waals surface area contributed by atoms with Gasteiger partial charge < -0.3 is 20.4 Å². The van der Waals surface area contributed by atoms with E-state index in [1.165, 1.54) is 31.5 Å². The topological polar surface area (TPSA) is 74.4 Å². The molecule has 1 unspecified atom stereocenters. The van der Waals surface area contributed by atoms with Crippen LogP contribution in [0.2, 0.25) is 0 Å². The number of hydrogen-bond acceptors (Lipinski definition) is 7. The van der Waals surface area contributed by atoms with E-state index in [4.69, 9.17) is 15.7 Å². The lowest BCUT2D eigenvalue weighted by Crippen LogP contribution is -2.48. The maximum atomic E-state index is 13.5. The van der Waals surface area contributed by atoms with E-state index < -0.39 is 11.7 Å². The molecule has 4 heterocycles. The Hall–Kier alpha value is -2.78. The Morgan fingerprint density at radius 3 is 2.25 bits per heavy atom. The summed E-state index contributed by atoms with van der Waals surface area (Å²) >= 11 is 0. The fourth-order valence-electron chi connectivity index (χ4n) is 5.26. The number of aromatic nitrogens is 3. The highest BCUT2D eigenvalue weighted by Crippen LogP contribution is 2.37. The lowest BCUT2D eigenvalue weighted by atomic mass is 9.94. The zero-order chi connectivity index (χ0) is 25.7. The van der Waals surface area contributed by atoms with Crippen LogP contribution in [0.5, 0.6) is 0 Å². The molecule has 2 aromatic rings. The molecule has 198 valence electrons. The van der Waals surface area contributed by atoms with Crippen molar-refractivity contribution in [3.63, 3.8) is 0 Å². The second kappa shape index (κ2) is 11.5. The van der Waals surface area contributed by atoms with Crippen molar-refractivity contribution in [2.24, 2.45) is 0 Å². The van der Waals surface area contributed by atoms with Gasteiger partial charge in [-0.2, -0.15) is 23.1 Å². The predicted molar refractivity (Wildman–Crippen MR) is 139 cm³/mol. The van der Waals surface area contributed by atoms with E-state index in [2.05, 4.69) is 23.7 Å². The van der Waals surface area contributed by atoms with E-state index in [9.17, 15) is 13.2 Å². The average molecular weight is 506 g/mol. The highest BCUT2D eigenvalue weighted by molar-refractivity contribution is 5.63. The Bertz CT molecular complexity index is 1000. The summed E-state index contributed by atoms with van der Waals surface area (Å²) in [6.07, 6.45) is 5.02. The Labute approximate surface area is 211 Å². The van der Waals surface area contributed by atoms with Crippen LogP contribution in [0.15, 0.2) is 18.3 Å². The number of unbranched alkanes of at least 4 members (excludes halogenated alkanes) is 2. The van der Waals surface area contributed by atoms with E-state index in [-0.39, 0.29) is 11.7 Å². The van der Waals surface area contributed by atoms with Crippen molar-refractivity contribution < 1.29 is 13.2 Å². The number of hydrogen-bond donors (Lipinski definition) is 1. The summed E-state index contributed by atoms with van der Waals surface area (Å²) in [6, 6.07) is 2.41. The summed E-state index contributed by atoms with van der Waals surface area (Å²) in [5, 5.41) is 0. The molecular weight excluding hydrogens is 467 g/mol. The normalized spacial score (nSPS) is 18.0. The number of anilines is 4. The fraction of sp³-hybridized carbons (Fsp3) is 0.654. The van der Waals surface area contributed by atoms with Gasteiger partial charge in [-0.3, -0.25) is 0 Å². The van der Waals surface area contributed by atoms with Gasteiger partial charge in [0.05, 0.1) is 5.56 Å². The first-order chi connectivity index (χ1) is 17.3. The molecular formula is C26H38F3N7. The van der Waals surface area contributed by atoms with Crippen molar-refractivity contribution in [1.29, 1.82) is 0 Å². The van der Waals surface area contributed by atoms with Gasteiger partial charge in [-0.25, -0.2) is 4.98 Å². The van der Waals surface area contributed by atoms with Crippen LogP contribution >= 0.6 is 0 Å². The van der Waals surface area contributed by atoms with Crippen molar-refractivity contribution in [3.05, 3.63) is 29.5 Å². The molecule has 0 aliphatic carbocycles. The molecule has 0 radical (unpaired) electrons. The lowest BCUT2D eigenvalue weighted by molar-refractivity contribution is -0.137. The molecule has 2 N–H and O–H groups in total. The number of alkyl halides is 3. The van der Waals surface area contributed by atoms with E-state index in [0.29, 0.717) is 37.9 Å². The zero-order valence-electron chi connectivity index (χ0n) is 21.4. The summed E-state index contributed by atoms with van der Waals surface area (Å²) in [4.78, 5) is 19.9. The summed E-state index contributed by atoms with van der Waals surface area (Å²) < 4.78 is 40.5. The second-order valence-corrected chi connectivity index (χ2v) is 9.94. The van der Waals surface area contributed by atoms with Gasteiger partial charge in [0, 0.05) is 51.0 Å². The summed E-state index contributed by atoms with van der Waals surface area (Å²) in [5.41, 5.74) is 6.92. The van der Waals surface area contributed by atoms with Gasteiger partial charge >= 0.3 is 6.18 Å². The fourth-order valence-corrected chi connectivity index (χ4v) is 5.26. The zero-order valence-corrected chi connectivity index (χ0v) is 21.4. The lowest BCUT2D eigenvalue weighted by Gasteiger charge is -2.37. The van der Waals surface area contributed by atoms with Crippen LogP contribution in [0.1, 0.15) is 75.8 Å². The highest BCUT2D eigenvalue weighted by atomic mass is 19.4. The maximum Gasteiger partial charge on any atom is 0.419 e. The smallest absolute Gasteiger partial charge is 0.383 e. The molecule has 4 rings (SSSR count). The first kappa shape index (κ1) is 26.3. The van der Waals surface area contributed by atoms with Gasteiger partial charge in [0.15, 0.2) is 0 Å². The summed E-state index contributed by atoms with van der Waals surface area (Å²) in [6.45, 7) is 8.12. The third-order valence-corrected chi connectivity index (χ3v) is 7.29. The number of pyridine rings is 1. The molecule has 2 fully saturated rings. The van der Waals surface area contributed by atoms with Gasteiger partial charge in [0.1, 0.15) is 17.5 Å². The minimum atomic E-state index is -4.44. The molecule has 36 heavy (non-hydrogen) atoms. The third kappa shape index (κ3) is 5.95. The molecule has 2 saturated heterocycles. The number of nitrogen functional groups attached to an aromatic ring is 1. The van der Waals surface area contributed by atoms with E-state index >= 15 is 0 Å². The molecule has 0 amide bonds. The molecule has 0 bridgehead atoms. The van der Waals surface area contributed by atoms with Crippen LogP contribution in [0.25, 0.3) is 0 Å². The Morgan fingerprint density at radius 1 is 0.917 bits per heavy atom. The molecule has 0 aromatic carbocycles. The van der Waals surface area contributed by atoms with Crippen LogP contribution in [-0.2, 0) is 6.18 Å². The monoisotopic (exact) mass is 505 g/mol. The molecule has 1 atom stereocenters. The second-order valence-electron chi connectivity index (χ2n) is 9.94. The number of nitrogens with zero attached hydrogens (tertiary/aromatic N) is 6. The first-order valence-corrected chi connectivity index (χ1v) is 13.2. The van der Waals surface area contributed by atoms with Crippen molar-refractivity contribution >= 4 is 23.4 Å². The molecule has 10 heteroatoms. The number of nitrogens with two attached hydrogens (primary N) is 1. The summed E-state index contributed by atoms with van der Waals surface area (Å²) in [7, 11) is 0. The van der Waals surface area contributed by atoms with E-state index in [1.54, 1.807) is 4.90 Å². The minimum absolute atomic E-state index is 0.0182. The SMILES string of the molecule is CCCCCC(C)c1c(N)nc(N2CCN(c3ncccc3C(F)(F)F)CC2)nc1N1CCCCC1. The Kier molecular flexibility index (Phi) is 8.41. The van der Waals surface area contributed by atoms with Crippen LogP contribution in [-0.4, -0.2) is 54.2 Å². The molecule has 2 aliphatic rings. The van der Waals surface area contributed by atoms with Crippen molar-refractivity contribution in [1.82, 2.24) is 15.0 Å². The van der Waals surface area contributed by atoms with Gasteiger partial charge in [0.2, 0.25) is 5.95 Å². The Balaban J connectivity index is 1.55. The van der Waals surface area contributed by atoms with Crippen LogP contribution in [0, 0.1) is 0 Å². The first-order valence-electron chi connectivity index (χ1n) is 13.2. The number of piperidine rings is 1. The minimum Gasteiger partial charge on any atom is -0.383 e. The van der Waals surface area contributed by atoms with Crippen molar-refractivity contribution in [3.8, 4) is 0 Å². The van der Waals surface area contributed by atoms with Crippen LogP contribution < -0.4 is 20.4 Å². The van der Waals surface area contributed by atoms with Crippen molar-refractivity contribution in [2.75, 3.05) is 59.7 Å². The molecule has 0 saturated carbocycles. The van der Waals surface area contributed by atoms with E-state index in [1.807, 2.05) is 4.90 Å². The Morgan fingerprint density at radius 2 is 1.58 bits per heavy atom. The van der Waals surface area contributed by atoms with E-state index in [0.717, 1.165) is 56.2 Å². The third-order valence-electron chi connectivity index (χ3n) is 7.29. The quantitative estimate of drug-likeness (QED) is 0.477. The average Bonchev–Trinajstić information content (AvgIpc) is 2.88. The predicted octanol–water partition coefficient (Wildman–Crippen LogP) is 5.47. The largest absolute Gasteiger partial charge is 0.419 e. The summed E-state index contributed by atoms with van der Waals surface area (Å²) in [5.74, 6) is 2.28. The number of piperazine rings is 1. The van der Waals surface area contributed by atoms with Gasteiger partial charge in [-0.1, -0.05) is 33.1 Å². The molecule has 7 nitrogen and oxygen atoms in total. The highest BCUT2D eigenvalue weighted by Gasteiger charge is 2.36. The maximum absolute atomic E-state index is 13.5. The molecule has 2 aromatic heterocycles. The van der Waals surface area contributed by atoms with Crippen molar-refractivity contribution in [2.45, 2.75) is 70.9 Å². The molecule has 0 spiro atoms. The number of halogens is 3. The van der Waals surface area contributed by atoms with Crippen LogP contribution in [0.3, 0.4) is 0 Å². The van der Waals surface area contributed by atoms with Gasteiger partial charge in [-0.05, 0) is 43.7 Å².